The Labute approximate surface area is 180 Å². The second-order valence-corrected chi connectivity index (χ2v) is 7.54. The van der Waals surface area contributed by atoms with Crippen molar-refractivity contribution in [3.05, 3.63) is 90.3 Å². The molecule has 0 amide bonds. The molecule has 0 aliphatic heterocycles. The van der Waals surface area contributed by atoms with Gasteiger partial charge in [0.1, 0.15) is 12.4 Å². The molecule has 0 unspecified atom stereocenters. The van der Waals surface area contributed by atoms with Gasteiger partial charge in [-0.2, -0.15) is 0 Å². The van der Waals surface area contributed by atoms with E-state index in [4.69, 9.17) is 0 Å². The summed E-state index contributed by atoms with van der Waals surface area (Å²) in [5.74, 6) is 0.496. The molecule has 0 spiro atoms. The van der Waals surface area contributed by atoms with Crippen LogP contribution in [0.4, 0.5) is 0 Å². The van der Waals surface area contributed by atoms with E-state index in [0.717, 1.165) is 39.7 Å². The van der Waals surface area contributed by atoms with Crippen LogP contribution < -0.4 is 0 Å². The number of nitrogens with zero attached hydrogens (tertiary/aromatic N) is 3. The number of imidazole rings is 1. The Kier molecular flexibility index (Phi) is 4.88. The van der Waals surface area contributed by atoms with Gasteiger partial charge in [-0.1, -0.05) is 60.7 Å². The lowest BCUT2D eigenvalue weighted by Crippen LogP contribution is -2.14. The number of hydrogen-bond donors (Lipinski definition) is 1. The average Bonchev–Trinajstić information content (AvgIpc) is 3.35. The lowest BCUT2D eigenvalue weighted by molar-refractivity contribution is 0.0973. The van der Waals surface area contributed by atoms with Crippen LogP contribution in [0.25, 0.3) is 33.2 Å². The van der Waals surface area contributed by atoms with Crippen LogP contribution in [0, 0.1) is 0 Å². The maximum Gasteiger partial charge on any atom is 0.185 e. The number of ketones is 1. The highest BCUT2D eigenvalue weighted by Crippen LogP contribution is 2.35. The predicted molar refractivity (Wildman–Crippen MR) is 123 cm³/mol. The first-order valence-electron chi connectivity index (χ1n) is 10.5. The third kappa shape index (κ3) is 3.14. The monoisotopic (exact) mass is 409 g/mol. The summed E-state index contributed by atoms with van der Waals surface area (Å²) >= 11 is 0. The van der Waals surface area contributed by atoms with Gasteiger partial charge in [-0.25, -0.2) is 4.98 Å². The number of aryl methyl sites for hydroxylation is 1. The Morgan fingerprint density at radius 2 is 1.55 bits per heavy atom. The molecule has 154 valence electrons. The molecule has 0 aliphatic rings. The van der Waals surface area contributed by atoms with Crippen molar-refractivity contribution in [1.82, 2.24) is 14.1 Å². The fourth-order valence-electron chi connectivity index (χ4n) is 4.46. The Morgan fingerprint density at radius 1 is 0.871 bits per heavy atom. The highest BCUT2D eigenvalue weighted by molar-refractivity contribution is 6.13. The van der Waals surface area contributed by atoms with Crippen LogP contribution in [0.3, 0.4) is 0 Å². The van der Waals surface area contributed by atoms with Gasteiger partial charge in [-0.05, 0) is 30.7 Å². The van der Waals surface area contributed by atoms with E-state index in [0.29, 0.717) is 11.4 Å². The van der Waals surface area contributed by atoms with Gasteiger partial charge in [0.15, 0.2) is 5.78 Å². The van der Waals surface area contributed by atoms with Crippen molar-refractivity contribution >= 4 is 27.7 Å². The molecule has 5 rings (SSSR count). The maximum atomic E-state index is 13.8. The summed E-state index contributed by atoms with van der Waals surface area (Å²) in [7, 11) is 0. The average molecular weight is 409 g/mol. The van der Waals surface area contributed by atoms with Crippen LogP contribution in [0.15, 0.2) is 78.9 Å². The molecule has 2 aromatic heterocycles. The lowest BCUT2D eigenvalue weighted by atomic mass is 10.0. The van der Waals surface area contributed by atoms with Gasteiger partial charge in [-0.15, -0.1) is 0 Å². The first-order valence-corrected chi connectivity index (χ1v) is 10.5. The van der Waals surface area contributed by atoms with Crippen LogP contribution in [-0.4, -0.2) is 25.0 Å². The van der Waals surface area contributed by atoms with Gasteiger partial charge in [0.2, 0.25) is 0 Å². The minimum absolute atomic E-state index is 0.0000983. The summed E-state index contributed by atoms with van der Waals surface area (Å²) in [6, 6.07) is 25.8. The highest BCUT2D eigenvalue weighted by Gasteiger charge is 2.24. The smallest absolute Gasteiger partial charge is 0.185 e. The third-order valence-electron chi connectivity index (χ3n) is 5.79. The van der Waals surface area contributed by atoms with Crippen molar-refractivity contribution in [2.75, 3.05) is 0 Å². The van der Waals surface area contributed by atoms with E-state index >= 15 is 0 Å². The normalized spacial score (nSPS) is 11.4. The number of Topliss-reactive ketones (excluding diaryl/α,β-unsaturated/α-hetero) is 1. The number of para-hydroxylation sites is 3. The zero-order valence-electron chi connectivity index (χ0n) is 17.3. The number of rotatable bonds is 6. The van der Waals surface area contributed by atoms with E-state index in [1.165, 1.54) is 0 Å². The maximum absolute atomic E-state index is 13.8. The molecular weight excluding hydrogens is 386 g/mol. The van der Waals surface area contributed by atoms with Gasteiger partial charge in [0, 0.05) is 17.4 Å². The van der Waals surface area contributed by atoms with Gasteiger partial charge in [-0.3, -0.25) is 4.79 Å². The number of aliphatic hydroxyl groups is 1. The quantitative estimate of drug-likeness (QED) is 0.399. The summed E-state index contributed by atoms with van der Waals surface area (Å²) < 4.78 is 4.03. The fraction of sp³-hybridized carbons (Fsp3) is 0.154. The number of carbonyl (C=O) groups excluding carboxylic acids is 1. The molecule has 0 fully saturated rings. The van der Waals surface area contributed by atoms with Crippen LogP contribution in [0.2, 0.25) is 0 Å². The zero-order valence-corrected chi connectivity index (χ0v) is 17.3. The van der Waals surface area contributed by atoms with Gasteiger partial charge in [0.25, 0.3) is 0 Å². The number of benzene rings is 3. The molecule has 0 saturated carbocycles. The van der Waals surface area contributed by atoms with Crippen LogP contribution >= 0.6 is 0 Å². The third-order valence-corrected chi connectivity index (χ3v) is 5.79. The second-order valence-electron chi connectivity index (χ2n) is 7.54. The van der Waals surface area contributed by atoms with Crippen molar-refractivity contribution in [3.8, 4) is 11.3 Å². The summed E-state index contributed by atoms with van der Waals surface area (Å²) in [5, 5.41) is 10.8. The van der Waals surface area contributed by atoms with Crippen molar-refractivity contribution in [2.45, 2.75) is 26.6 Å². The molecule has 2 heterocycles. The Balaban J connectivity index is 1.72. The Bertz CT molecular complexity index is 1400. The summed E-state index contributed by atoms with van der Waals surface area (Å²) in [6.45, 7) is 2.76. The molecule has 31 heavy (non-hydrogen) atoms. The number of aliphatic hydroxyl groups excluding tert-OH is 1. The van der Waals surface area contributed by atoms with Crippen LogP contribution in [0.1, 0.15) is 23.1 Å². The summed E-state index contributed by atoms with van der Waals surface area (Å²) in [6.07, 6.45) is 0. The molecular formula is C26H23N3O2. The van der Waals surface area contributed by atoms with E-state index in [2.05, 4.69) is 22.5 Å². The predicted octanol–water partition coefficient (Wildman–Crippen LogP) is 5.05. The first kappa shape index (κ1) is 19.3. The van der Waals surface area contributed by atoms with E-state index in [1.54, 1.807) is 0 Å². The number of fused-ring (bicyclic) bond motifs is 2. The Morgan fingerprint density at radius 3 is 2.29 bits per heavy atom. The molecule has 0 saturated heterocycles. The SMILES string of the molecule is CCn1c(-c2ccccc2)c(C(=O)Cn2c(CO)nc3ccccc32)c2ccccc21. The molecule has 5 aromatic rings. The van der Waals surface area contributed by atoms with Crippen molar-refractivity contribution < 1.29 is 9.90 Å². The molecule has 5 heteroatoms. The zero-order chi connectivity index (χ0) is 21.4. The van der Waals surface area contributed by atoms with Crippen molar-refractivity contribution in [2.24, 2.45) is 0 Å². The fourth-order valence-corrected chi connectivity index (χ4v) is 4.46. The van der Waals surface area contributed by atoms with Crippen LogP contribution in [-0.2, 0) is 19.7 Å². The van der Waals surface area contributed by atoms with E-state index in [-0.39, 0.29) is 18.9 Å². The molecule has 3 aromatic carbocycles. The molecule has 0 atom stereocenters. The van der Waals surface area contributed by atoms with Gasteiger partial charge in [0.05, 0.1) is 28.8 Å². The van der Waals surface area contributed by atoms with Crippen LogP contribution in [0.5, 0.6) is 0 Å². The summed E-state index contributed by atoms with van der Waals surface area (Å²) in [5.41, 5.74) is 5.33. The topological polar surface area (TPSA) is 60.0 Å². The lowest BCUT2D eigenvalue weighted by Gasteiger charge is -2.12. The van der Waals surface area contributed by atoms with E-state index in [1.807, 2.05) is 77.4 Å². The first-order chi connectivity index (χ1) is 15.2. The molecule has 1 N–H and O–H groups in total. The minimum atomic E-state index is -0.218. The second kappa shape index (κ2) is 7.85. The minimum Gasteiger partial charge on any atom is -0.388 e. The van der Waals surface area contributed by atoms with E-state index in [9.17, 15) is 9.90 Å². The Hall–Kier alpha value is -3.70. The number of carbonyl (C=O) groups is 1. The van der Waals surface area contributed by atoms with Gasteiger partial charge < -0.3 is 14.2 Å². The highest BCUT2D eigenvalue weighted by atomic mass is 16.3. The molecule has 0 radical (unpaired) electrons. The standard InChI is InChI=1S/C26H23N3O2/c1-2-28-21-14-8-6-12-19(21)25(26(28)18-10-4-3-5-11-18)23(31)16-29-22-15-9-7-13-20(22)27-24(29)17-30/h3-15,30H,2,16-17H2,1H3. The molecule has 0 aliphatic carbocycles. The number of hydrogen-bond acceptors (Lipinski definition) is 3. The molecule has 0 bridgehead atoms. The van der Waals surface area contributed by atoms with Crippen molar-refractivity contribution in [3.63, 3.8) is 0 Å². The van der Waals surface area contributed by atoms with Gasteiger partial charge >= 0.3 is 0 Å². The number of aromatic nitrogens is 3. The molecule has 5 nitrogen and oxygen atoms in total. The van der Waals surface area contributed by atoms with Crippen molar-refractivity contribution in [1.29, 1.82) is 0 Å². The largest absolute Gasteiger partial charge is 0.388 e. The summed E-state index contributed by atoms with van der Waals surface area (Å²) in [4.78, 5) is 18.3. The van der Waals surface area contributed by atoms with E-state index < -0.39 is 0 Å².